The van der Waals surface area contributed by atoms with Crippen LogP contribution in [0.2, 0.25) is 0 Å². The van der Waals surface area contributed by atoms with Crippen LogP contribution in [-0.4, -0.2) is 21.3 Å². The highest BCUT2D eigenvalue weighted by atomic mass is 16.5. The Hall–Kier alpha value is -2.20. The number of nitrogens with one attached hydrogen (secondary N) is 1. The van der Waals surface area contributed by atoms with Crippen LogP contribution in [0.4, 0.5) is 0 Å². The summed E-state index contributed by atoms with van der Waals surface area (Å²) >= 11 is 0. The van der Waals surface area contributed by atoms with Gasteiger partial charge in [-0.25, -0.2) is 0 Å². The molecular weight excluding hydrogens is 254 g/mol. The van der Waals surface area contributed by atoms with Crippen molar-refractivity contribution >= 4 is 0 Å². The lowest BCUT2D eigenvalue weighted by atomic mass is 10.2. The highest BCUT2D eigenvalue weighted by Gasteiger charge is 2.12. The quantitative estimate of drug-likeness (QED) is 0.877. The first-order chi connectivity index (χ1) is 9.78. The predicted molar refractivity (Wildman–Crippen MR) is 78.8 cm³/mol. The maximum absolute atomic E-state index is 5.89. The molecule has 2 aromatic rings. The molecule has 0 amide bonds. The topological polar surface area (TPSA) is 39.7 Å². The molecule has 0 aromatic heterocycles. The number of hydrogen-bond donors (Lipinski definition) is 1. The molecule has 1 N–H and O–H groups in total. The van der Waals surface area contributed by atoms with Crippen molar-refractivity contribution in [3.8, 4) is 23.0 Å². The minimum absolute atomic E-state index is 0.582. The van der Waals surface area contributed by atoms with Crippen molar-refractivity contribution in [2.45, 2.75) is 6.54 Å². The lowest BCUT2D eigenvalue weighted by Crippen LogP contribution is -2.04. The summed E-state index contributed by atoms with van der Waals surface area (Å²) in [6.45, 7) is 0.832. The number of methoxy groups -OCH3 is 2. The zero-order valence-corrected chi connectivity index (χ0v) is 12.0. The van der Waals surface area contributed by atoms with Gasteiger partial charge in [-0.05, 0) is 36.9 Å². The van der Waals surface area contributed by atoms with Gasteiger partial charge in [0.15, 0.2) is 11.5 Å². The maximum Gasteiger partial charge on any atom is 0.210 e. The van der Waals surface area contributed by atoms with Gasteiger partial charge < -0.3 is 19.5 Å². The third-order valence-corrected chi connectivity index (χ3v) is 2.91. The van der Waals surface area contributed by atoms with Gasteiger partial charge in [-0.3, -0.25) is 0 Å². The molecule has 20 heavy (non-hydrogen) atoms. The molecule has 0 aliphatic heterocycles. The number of rotatable bonds is 6. The molecule has 0 atom stereocenters. The van der Waals surface area contributed by atoms with E-state index >= 15 is 0 Å². The van der Waals surface area contributed by atoms with Crippen LogP contribution < -0.4 is 19.5 Å². The Morgan fingerprint density at radius 3 is 2.00 bits per heavy atom. The van der Waals surface area contributed by atoms with Crippen molar-refractivity contribution < 1.29 is 14.2 Å². The van der Waals surface area contributed by atoms with E-state index in [1.54, 1.807) is 14.2 Å². The fourth-order valence-electron chi connectivity index (χ4n) is 1.92. The van der Waals surface area contributed by atoms with E-state index in [9.17, 15) is 0 Å². The molecule has 0 fully saturated rings. The van der Waals surface area contributed by atoms with Gasteiger partial charge in [-0.1, -0.05) is 18.2 Å². The van der Waals surface area contributed by atoms with Crippen LogP contribution in [0.3, 0.4) is 0 Å². The summed E-state index contributed by atoms with van der Waals surface area (Å²) < 4.78 is 16.5. The van der Waals surface area contributed by atoms with E-state index in [2.05, 4.69) is 5.32 Å². The highest BCUT2D eigenvalue weighted by Crippen LogP contribution is 2.39. The maximum atomic E-state index is 5.89. The first-order valence-electron chi connectivity index (χ1n) is 6.41. The van der Waals surface area contributed by atoms with E-state index in [1.165, 1.54) is 5.56 Å². The first-order valence-corrected chi connectivity index (χ1v) is 6.41. The summed E-state index contributed by atoms with van der Waals surface area (Å²) in [6, 6.07) is 13.4. The molecule has 0 aliphatic carbocycles. The minimum Gasteiger partial charge on any atom is -0.493 e. The van der Waals surface area contributed by atoms with Gasteiger partial charge in [0.25, 0.3) is 0 Å². The van der Waals surface area contributed by atoms with Crippen molar-refractivity contribution in [2.75, 3.05) is 21.3 Å². The average Bonchev–Trinajstić information content (AvgIpc) is 2.49. The first kappa shape index (κ1) is 14.2. The van der Waals surface area contributed by atoms with Gasteiger partial charge in [-0.2, -0.15) is 0 Å². The molecule has 0 unspecified atom stereocenters. The van der Waals surface area contributed by atoms with E-state index in [-0.39, 0.29) is 0 Å². The molecule has 4 heteroatoms. The zero-order valence-electron chi connectivity index (χ0n) is 12.0. The van der Waals surface area contributed by atoms with Crippen LogP contribution in [0.25, 0.3) is 0 Å². The minimum atomic E-state index is 0.582. The highest BCUT2D eigenvalue weighted by molar-refractivity contribution is 5.53. The van der Waals surface area contributed by atoms with Crippen LogP contribution in [0.5, 0.6) is 23.0 Å². The largest absolute Gasteiger partial charge is 0.493 e. The van der Waals surface area contributed by atoms with Gasteiger partial charge in [-0.15, -0.1) is 0 Å². The number of ether oxygens (including phenoxy) is 3. The molecule has 106 valence electrons. The van der Waals surface area contributed by atoms with E-state index in [0.717, 1.165) is 12.3 Å². The molecule has 0 spiro atoms. The normalized spacial score (nSPS) is 10.2. The Morgan fingerprint density at radius 1 is 0.900 bits per heavy atom. The van der Waals surface area contributed by atoms with E-state index in [4.69, 9.17) is 14.2 Å². The van der Waals surface area contributed by atoms with Gasteiger partial charge in [0.2, 0.25) is 5.75 Å². The van der Waals surface area contributed by atoms with Gasteiger partial charge in [0, 0.05) is 6.54 Å². The Morgan fingerprint density at radius 2 is 1.50 bits per heavy atom. The molecule has 2 rings (SSSR count). The van der Waals surface area contributed by atoms with Crippen molar-refractivity contribution in [2.24, 2.45) is 0 Å². The summed E-state index contributed by atoms with van der Waals surface area (Å²) in [5, 5.41) is 3.11. The molecule has 0 heterocycles. The second-order valence-corrected chi connectivity index (χ2v) is 4.27. The Balaban J connectivity index is 2.24. The van der Waals surface area contributed by atoms with Crippen LogP contribution in [-0.2, 0) is 6.54 Å². The fourth-order valence-corrected chi connectivity index (χ4v) is 1.92. The molecule has 0 bridgehead atoms. The summed E-state index contributed by atoms with van der Waals surface area (Å²) in [6.07, 6.45) is 0. The second-order valence-electron chi connectivity index (χ2n) is 4.27. The lowest BCUT2D eigenvalue weighted by molar-refractivity contribution is 0.346. The smallest absolute Gasteiger partial charge is 0.210 e. The lowest BCUT2D eigenvalue weighted by Gasteiger charge is -2.14. The van der Waals surface area contributed by atoms with Crippen LogP contribution in [0.1, 0.15) is 5.56 Å². The molecule has 0 aliphatic rings. The van der Waals surface area contributed by atoms with Crippen molar-refractivity contribution in [3.05, 3.63) is 48.0 Å². The summed E-state index contributed by atoms with van der Waals surface area (Å²) in [5.41, 5.74) is 1.20. The Kier molecular flexibility index (Phi) is 4.85. The third-order valence-electron chi connectivity index (χ3n) is 2.91. The number of para-hydroxylation sites is 1. The number of benzene rings is 2. The SMILES string of the molecule is CNCc1ccc(Oc2c(OC)cccc2OC)cc1. The standard InChI is InChI=1S/C16H19NO3/c1-17-11-12-7-9-13(10-8-12)20-16-14(18-2)5-4-6-15(16)19-3/h4-10,17H,11H2,1-3H3. The van der Waals surface area contributed by atoms with Gasteiger partial charge in [0.05, 0.1) is 14.2 Å². The van der Waals surface area contributed by atoms with E-state index in [0.29, 0.717) is 17.2 Å². The average molecular weight is 273 g/mol. The van der Waals surface area contributed by atoms with Crippen LogP contribution >= 0.6 is 0 Å². The fraction of sp³-hybridized carbons (Fsp3) is 0.250. The molecule has 4 nitrogen and oxygen atoms in total. The predicted octanol–water partition coefficient (Wildman–Crippen LogP) is 3.22. The summed E-state index contributed by atoms with van der Waals surface area (Å²) in [7, 11) is 5.14. The molecule has 0 radical (unpaired) electrons. The van der Waals surface area contributed by atoms with Crippen molar-refractivity contribution in [1.29, 1.82) is 0 Å². The van der Waals surface area contributed by atoms with Crippen LogP contribution in [0.15, 0.2) is 42.5 Å². The Labute approximate surface area is 119 Å². The van der Waals surface area contributed by atoms with Crippen molar-refractivity contribution in [1.82, 2.24) is 5.32 Å². The monoisotopic (exact) mass is 273 g/mol. The second kappa shape index (κ2) is 6.82. The molecular formula is C16H19NO3. The molecule has 0 saturated heterocycles. The molecule has 2 aromatic carbocycles. The zero-order chi connectivity index (χ0) is 14.4. The number of hydrogen-bond acceptors (Lipinski definition) is 4. The van der Waals surface area contributed by atoms with Gasteiger partial charge in [0.1, 0.15) is 5.75 Å². The van der Waals surface area contributed by atoms with E-state index < -0.39 is 0 Å². The van der Waals surface area contributed by atoms with Gasteiger partial charge >= 0.3 is 0 Å². The van der Waals surface area contributed by atoms with Crippen molar-refractivity contribution in [3.63, 3.8) is 0 Å². The summed E-state index contributed by atoms with van der Waals surface area (Å²) in [5.74, 6) is 2.61. The van der Waals surface area contributed by atoms with Crippen LogP contribution in [0, 0.1) is 0 Å². The Bertz CT molecular complexity index is 530. The third kappa shape index (κ3) is 3.22. The molecule has 0 saturated carbocycles. The van der Waals surface area contributed by atoms with E-state index in [1.807, 2.05) is 49.5 Å². The summed E-state index contributed by atoms with van der Waals surface area (Å²) in [4.78, 5) is 0.